The SMILES string of the molecule is COc1cccc(OC)c1OCCc1nc(C(=O)O)cs1. The Kier molecular flexibility index (Phi) is 4.99. The molecule has 0 aliphatic rings. The van der Waals surface area contributed by atoms with Crippen LogP contribution in [0.2, 0.25) is 0 Å². The molecule has 0 saturated heterocycles. The first-order chi connectivity index (χ1) is 10.2. The number of rotatable bonds is 7. The molecule has 0 saturated carbocycles. The Morgan fingerprint density at radius 2 is 1.95 bits per heavy atom. The molecule has 7 heteroatoms. The molecule has 0 radical (unpaired) electrons. The van der Waals surface area contributed by atoms with E-state index in [1.807, 2.05) is 6.07 Å². The summed E-state index contributed by atoms with van der Waals surface area (Å²) in [6.45, 7) is 0.351. The Balaban J connectivity index is 2.01. The number of hydrogen-bond donors (Lipinski definition) is 1. The van der Waals surface area contributed by atoms with Gasteiger partial charge in [-0.25, -0.2) is 9.78 Å². The van der Waals surface area contributed by atoms with Crippen molar-refractivity contribution in [3.05, 3.63) is 34.3 Å². The van der Waals surface area contributed by atoms with Crippen molar-refractivity contribution in [1.82, 2.24) is 4.98 Å². The molecular weight excluding hydrogens is 294 g/mol. The van der Waals surface area contributed by atoms with Crippen molar-refractivity contribution in [2.24, 2.45) is 0 Å². The monoisotopic (exact) mass is 309 g/mol. The maximum Gasteiger partial charge on any atom is 0.355 e. The normalized spacial score (nSPS) is 10.2. The Bertz CT molecular complexity index is 603. The van der Waals surface area contributed by atoms with Crippen molar-refractivity contribution in [2.45, 2.75) is 6.42 Å². The van der Waals surface area contributed by atoms with Gasteiger partial charge in [-0.3, -0.25) is 0 Å². The zero-order valence-corrected chi connectivity index (χ0v) is 12.5. The van der Waals surface area contributed by atoms with E-state index in [0.29, 0.717) is 35.3 Å². The molecule has 0 fully saturated rings. The lowest BCUT2D eigenvalue weighted by Gasteiger charge is -2.13. The molecule has 21 heavy (non-hydrogen) atoms. The number of hydrogen-bond acceptors (Lipinski definition) is 6. The largest absolute Gasteiger partial charge is 0.493 e. The summed E-state index contributed by atoms with van der Waals surface area (Å²) in [4.78, 5) is 14.8. The highest BCUT2D eigenvalue weighted by atomic mass is 32.1. The van der Waals surface area contributed by atoms with Crippen molar-refractivity contribution in [3.63, 3.8) is 0 Å². The van der Waals surface area contributed by atoms with Gasteiger partial charge in [0.15, 0.2) is 17.2 Å². The maximum absolute atomic E-state index is 10.8. The molecule has 1 aromatic heterocycles. The van der Waals surface area contributed by atoms with Crippen LogP contribution in [0.3, 0.4) is 0 Å². The topological polar surface area (TPSA) is 77.9 Å². The van der Waals surface area contributed by atoms with E-state index in [1.54, 1.807) is 26.4 Å². The minimum atomic E-state index is -1.02. The van der Waals surface area contributed by atoms with E-state index in [-0.39, 0.29) is 5.69 Å². The first-order valence-corrected chi connectivity index (χ1v) is 7.05. The van der Waals surface area contributed by atoms with Crippen molar-refractivity contribution >= 4 is 17.3 Å². The van der Waals surface area contributed by atoms with Gasteiger partial charge >= 0.3 is 5.97 Å². The number of thiazole rings is 1. The van der Waals surface area contributed by atoms with Crippen LogP contribution in [0.5, 0.6) is 17.2 Å². The predicted octanol–water partition coefficient (Wildman–Crippen LogP) is 2.48. The number of nitrogens with zero attached hydrogens (tertiary/aromatic N) is 1. The van der Waals surface area contributed by atoms with Gasteiger partial charge in [-0.1, -0.05) is 6.07 Å². The van der Waals surface area contributed by atoms with E-state index < -0.39 is 5.97 Å². The molecule has 0 bridgehead atoms. The van der Waals surface area contributed by atoms with Crippen LogP contribution in [-0.4, -0.2) is 36.9 Å². The number of para-hydroxylation sites is 1. The minimum absolute atomic E-state index is 0.0601. The van der Waals surface area contributed by atoms with Crippen LogP contribution >= 0.6 is 11.3 Å². The van der Waals surface area contributed by atoms with Gasteiger partial charge < -0.3 is 19.3 Å². The maximum atomic E-state index is 10.8. The molecule has 0 aliphatic carbocycles. The van der Waals surface area contributed by atoms with Crippen molar-refractivity contribution in [3.8, 4) is 17.2 Å². The van der Waals surface area contributed by atoms with Gasteiger partial charge in [-0.05, 0) is 12.1 Å². The lowest BCUT2D eigenvalue weighted by Crippen LogP contribution is -2.04. The Morgan fingerprint density at radius 3 is 2.48 bits per heavy atom. The fourth-order valence-corrected chi connectivity index (χ4v) is 2.48. The van der Waals surface area contributed by atoms with E-state index in [9.17, 15) is 4.79 Å². The highest BCUT2D eigenvalue weighted by Crippen LogP contribution is 2.36. The summed E-state index contributed by atoms with van der Waals surface area (Å²) in [5.41, 5.74) is 0.0601. The molecule has 0 amide bonds. The summed E-state index contributed by atoms with van der Waals surface area (Å²) < 4.78 is 16.2. The fourth-order valence-electron chi connectivity index (χ4n) is 1.72. The van der Waals surface area contributed by atoms with Gasteiger partial charge in [0.2, 0.25) is 5.75 Å². The smallest absolute Gasteiger partial charge is 0.355 e. The molecule has 0 unspecified atom stereocenters. The van der Waals surface area contributed by atoms with Gasteiger partial charge in [0.25, 0.3) is 0 Å². The second-order valence-corrected chi connectivity index (χ2v) is 4.96. The van der Waals surface area contributed by atoms with Crippen LogP contribution in [0.1, 0.15) is 15.5 Å². The molecule has 2 rings (SSSR count). The number of carboxylic acid groups (broad SMARTS) is 1. The lowest BCUT2D eigenvalue weighted by molar-refractivity contribution is 0.0691. The van der Waals surface area contributed by atoms with E-state index in [0.717, 1.165) is 0 Å². The number of methoxy groups -OCH3 is 2. The van der Waals surface area contributed by atoms with Crippen molar-refractivity contribution in [2.75, 3.05) is 20.8 Å². The molecule has 1 heterocycles. The van der Waals surface area contributed by atoms with Crippen LogP contribution < -0.4 is 14.2 Å². The third kappa shape index (κ3) is 3.63. The van der Waals surface area contributed by atoms with Crippen LogP contribution in [0.4, 0.5) is 0 Å². The van der Waals surface area contributed by atoms with Crippen molar-refractivity contribution < 1.29 is 24.1 Å². The minimum Gasteiger partial charge on any atom is -0.493 e. The van der Waals surface area contributed by atoms with Crippen LogP contribution in [0.25, 0.3) is 0 Å². The third-order valence-electron chi connectivity index (χ3n) is 2.72. The van der Waals surface area contributed by atoms with Crippen LogP contribution in [0, 0.1) is 0 Å². The molecule has 0 aliphatic heterocycles. The Labute approximate surface area is 125 Å². The average Bonchev–Trinajstić information content (AvgIpc) is 2.96. The summed E-state index contributed by atoms with van der Waals surface area (Å²) in [5, 5.41) is 11.0. The van der Waals surface area contributed by atoms with Crippen LogP contribution in [-0.2, 0) is 6.42 Å². The van der Waals surface area contributed by atoms with E-state index in [4.69, 9.17) is 19.3 Å². The molecular formula is C14H15NO5S. The van der Waals surface area contributed by atoms with Crippen molar-refractivity contribution in [1.29, 1.82) is 0 Å². The molecule has 112 valence electrons. The van der Waals surface area contributed by atoms with E-state index in [1.165, 1.54) is 16.7 Å². The quantitative estimate of drug-likeness (QED) is 0.846. The first kappa shape index (κ1) is 15.1. The number of aromatic carboxylic acids is 1. The zero-order valence-electron chi connectivity index (χ0n) is 11.7. The molecule has 6 nitrogen and oxygen atoms in total. The predicted molar refractivity (Wildman–Crippen MR) is 77.8 cm³/mol. The van der Waals surface area contributed by atoms with Crippen LogP contribution in [0.15, 0.2) is 23.6 Å². The summed E-state index contributed by atoms with van der Waals surface area (Å²) in [6, 6.07) is 5.37. The number of carboxylic acids is 1. The van der Waals surface area contributed by atoms with E-state index >= 15 is 0 Å². The third-order valence-corrected chi connectivity index (χ3v) is 3.62. The summed E-state index contributed by atoms with van der Waals surface area (Å²) in [6.07, 6.45) is 0.513. The number of benzene rings is 1. The fraction of sp³-hybridized carbons (Fsp3) is 0.286. The number of aromatic nitrogens is 1. The summed E-state index contributed by atoms with van der Waals surface area (Å²) in [7, 11) is 3.11. The highest BCUT2D eigenvalue weighted by Gasteiger charge is 2.12. The zero-order chi connectivity index (χ0) is 15.2. The number of ether oxygens (including phenoxy) is 3. The van der Waals surface area contributed by atoms with Gasteiger partial charge in [-0.15, -0.1) is 11.3 Å². The molecule has 2 aromatic rings. The van der Waals surface area contributed by atoms with Gasteiger partial charge in [-0.2, -0.15) is 0 Å². The number of carbonyl (C=O) groups is 1. The lowest BCUT2D eigenvalue weighted by atomic mass is 10.3. The molecule has 0 spiro atoms. The first-order valence-electron chi connectivity index (χ1n) is 6.17. The summed E-state index contributed by atoms with van der Waals surface area (Å²) in [5.74, 6) is 0.668. The molecule has 1 N–H and O–H groups in total. The van der Waals surface area contributed by atoms with Gasteiger partial charge in [0, 0.05) is 11.8 Å². The second kappa shape index (κ2) is 6.94. The highest BCUT2D eigenvalue weighted by molar-refractivity contribution is 7.09. The average molecular weight is 309 g/mol. The molecule has 1 aromatic carbocycles. The summed E-state index contributed by atoms with van der Waals surface area (Å²) >= 11 is 1.30. The Hall–Kier alpha value is -2.28. The van der Waals surface area contributed by atoms with Gasteiger partial charge in [0.05, 0.1) is 25.8 Å². The Morgan fingerprint density at radius 1 is 1.29 bits per heavy atom. The second-order valence-electron chi connectivity index (χ2n) is 4.02. The van der Waals surface area contributed by atoms with Gasteiger partial charge in [0.1, 0.15) is 0 Å². The van der Waals surface area contributed by atoms with E-state index in [2.05, 4.69) is 4.98 Å². The standard InChI is InChI=1S/C14H15NO5S/c1-18-10-4-3-5-11(19-2)13(10)20-7-6-12-15-9(8-21-12)14(16)17/h3-5,8H,6-7H2,1-2H3,(H,16,17). The molecule has 0 atom stereocenters.